The molecule has 0 aliphatic carbocycles. The minimum absolute atomic E-state index is 0.509. The number of hydrogen-bond donors (Lipinski definition) is 3. The van der Waals surface area contributed by atoms with Crippen LogP contribution in [0.4, 0.5) is 11.4 Å². The first-order valence-corrected chi connectivity index (χ1v) is 12.7. The zero-order valence-corrected chi connectivity index (χ0v) is 21.1. The number of aromatic nitrogens is 2. The second-order valence-corrected chi connectivity index (χ2v) is 9.27. The lowest BCUT2D eigenvalue weighted by Crippen LogP contribution is -2.40. The maximum Gasteiger partial charge on any atom is 0.103 e. The van der Waals surface area contributed by atoms with Crippen molar-refractivity contribution in [3.8, 4) is 6.07 Å². The number of nitrogens with zero attached hydrogens (tertiary/aromatic N) is 3. The highest BCUT2D eigenvalue weighted by atomic mass is 16.5. The molecule has 0 atom stereocenters. The Morgan fingerprint density at radius 3 is 2.73 bits per heavy atom. The number of pyridine rings is 1. The molecule has 0 saturated carbocycles. The molecule has 37 heavy (non-hydrogen) atoms. The van der Waals surface area contributed by atoms with E-state index in [1.54, 1.807) is 12.4 Å². The number of ether oxygens (including phenoxy) is 1. The molecule has 0 bridgehead atoms. The Kier molecular flexibility index (Phi) is 7.92. The summed E-state index contributed by atoms with van der Waals surface area (Å²) in [4.78, 5) is 9.96. The van der Waals surface area contributed by atoms with Crippen LogP contribution in [0.2, 0.25) is 0 Å². The van der Waals surface area contributed by atoms with Crippen LogP contribution in [0.25, 0.3) is 23.1 Å². The normalized spacial score (nSPS) is 14.3. The number of H-pyrrole nitrogens is 1. The molecule has 3 heterocycles. The highest BCUT2D eigenvalue weighted by Crippen LogP contribution is 2.31. The van der Waals surface area contributed by atoms with Gasteiger partial charge < -0.3 is 20.4 Å². The Hall–Kier alpha value is -3.96. The van der Waals surface area contributed by atoms with Crippen LogP contribution in [0.3, 0.4) is 0 Å². The summed E-state index contributed by atoms with van der Waals surface area (Å²) in [6.07, 6.45) is 9.40. The number of rotatable bonds is 9. The Bertz CT molecular complexity index is 1410. The molecular formula is C30H32N6O. The van der Waals surface area contributed by atoms with E-state index in [0.29, 0.717) is 5.56 Å². The van der Waals surface area contributed by atoms with Gasteiger partial charge in [-0.3, -0.25) is 9.88 Å². The van der Waals surface area contributed by atoms with Crippen LogP contribution in [0.1, 0.15) is 27.8 Å². The minimum atomic E-state index is 0.509. The third-order valence-electron chi connectivity index (χ3n) is 6.83. The summed E-state index contributed by atoms with van der Waals surface area (Å²) in [7, 11) is 0. The Morgan fingerprint density at radius 2 is 1.92 bits per heavy atom. The molecule has 0 spiro atoms. The number of fused-ring (bicyclic) bond motifs is 1. The molecule has 0 amide bonds. The van der Waals surface area contributed by atoms with Crippen molar-refractivity contribution >= 4 is 34.4 Å². The molecule has 0 radical (unpaired) electrons. The number of morpholine rings is 1. The molecule has 0 unspecified atom stereocenters. The van der Waals surface area contributed by atoms with E-state index in [0.717, 1.165) is 84.9 Å². The average Bonchev–Trinajstić information content (AvgIpc) is 3.43. The summed E-state index contributed by atoms with van der Waals surface area (Å²) >= 11 is 0. The van der Waals surface area contributed by atoms with E-state index in [4.69, 9.17) is 4.74 Å². The van der Waals surface area contributed by atoms with Crippen LogP contribution < -0.4 is 10.6 Å². The molecule has 1 aliphatic heterocycles. The van der Waals surface area contributed by atoms with Crippen molar-refractivity contribution in [1.82, 2.24) is 20.2 Å². The summed E-state index contributed by atoms with van der Waals surface area (Å²) in [5.41, 5.74) is 7.66. The van der Waals surface area contributed by atoms with Gasteiger partial charge >= 0.3 is 0 Å². The molecular weight excluding hydrogens is 460 g/mol. The predicted molar refractivity (Wildman–Crippen MR) is 150 cm³/mol. The number of aromatic amines is 1. The van der Waals surface area contributed by atoms with E-state index in [1.807, 2.05) is 24.4 Å². The van der Waals surface area contributed by atoms with Crippen LogP contribution in [-0.2, 0) is 11.3 Å². The van der Waals surface area contributed by atoms with Crippen LogP contribution in [0, 0.1) is 18.3 Å². The maximum absolute atomic E-state index is 9.73. The summed E-state index contributed by atoms with van der Waals surface area (Å²) in [5.74, 6) is 0. The quantitative estimate of drug-likeness (QED) is 0.283. The van der Waals surface area contributed by atoms with Crippen molar-refractivity contribution in [2.24, 2.45) is 0 Å². The molecule has 5 rings (SSSR count). The monoisotopic (exact) mass is 492 g/mol. The second kappa shape index (κ2) is 11.8. The van der Waals surface area contributed by atoms with E-state index >= 15 is 0 Å². The molecule has 2 aromatic heterocycles. The van der Waals surface area contributed by atoms with Gasteiger partial charge in [0.15, 0.2) is 0 Å². The lowest BCUT2D eigenvalue weighted by Gasteiger charge is -2.26. The lowest BCUT2D eigenvalue weighted by molar-refractivity contribution is 0.0384. The number of hydrogen-bond acceptors (Lipinski definition) is 6. The van der Waals surface area contributed by atoms with E-state index in [-0.39, 0.29) is 0 Å². The minimum Gasteiger partial charge on any atom is -0.379 e. The van der Waals surface area contributed by atoms with Crippen LogP contribution in [0.15, 0.2) is 61.1 Å². The van der Waals surface area contributed by atoms with Crippen molar-refractivity contribution in [3.63, 3.8) is 0 Å². The number of aryl methyl sites for hydroxylation is 1. The fourth-order valence-corrected chi connectivity index (χ4v) is 4.61. The summed E-state index contributed by atoms with van der Waals surface area (Å²) < 4.78 is 5.41. The van der Waals surface area contributed by atoms with Crippen LogP contribution >= 0.6 is 0 Å². The SMILES string of the molecule is Cc1c(Nc2c(C#N)cncc2/C=C/c2ccc(CNCCN3CCOCC3)cc2)ccc2[nH]ccc12. The smallest absolute Gasteiger partial charge is 0.103 e. The van der Waals surface area contributed by atoms with Gasteiger partial charge in [-0.05, 0) is 41.8 Å². The topological polar surface area (TPSA) is 89.0 Å². The zero-order chi connectivity index (χ0) is 25.5. The Labute approximate surface area is 217 Å². The first kappa shape index (κ1) is 24.7. The first-order chi connectivity index (χ1) is 18.2. The van der Waals surface area contributed by atoms with Crippen LogP contribution in [-0.4, -0.2) is 54.3 Å². The van der Waals surface area contributed by atoms with Gasteiger partial charge in [0.05, 0.1) is 24.5 Å². The van der Waals surface area contributed by atoms with Gasteiger partial charge in [0.1, 0.15) is 6.07 Å². The third kappa shape index (κ3) is 6.07. The van der Waals surface area contributed by atoms with Crippen molar-refractivity contribution in [1.29, 1.82) is 5.26 Å². The standard InChI is InChI=1S/C30H32N6O/c1-22-27-10-11-34-29(27)9-8-28(22)35-30-25(20-33-21-26(30)18-31)7-6-23-2-4-24(5-3-23)19-32-12-13-36-14-16-37-17-15-36/h2-11,20-21,32,34H,12-17,19H2,1H3,(H,33,35)/b7-6+. The summed E-state index contributed by atoms with van der Waals surface area (Å²) in [6.45, 7) is 8.68. The molecule has 188 valence electrons. The van der Waals surface area contributed by atoms with E-state index < -0.39 is 0 Å². The van der Waals surface area contributed by atoms with Gasteiger partial charge in [-0.2, -0.15) is 5.26 Å². The van der Waals surface area contributed by atoms with Crippen LogP contribution in [0.5, 0.6) is 0 Å². The number of nitrogens with one attached hydrogen (secondary N) is 3. The third-order valence-corrected chi connectivity index (χ3v) is 6.83. The molecule has 2 aromatic carbocycles. The van der Waals surface area contributed by atoms with Crippen molar-refractivity contribution in [3.05, 3.63) is 88.9 Å². The maximum atomic E-state index is 9.73. The molecule has 1 aliphatic rings. The van der Waals surface area contributed by atoms with Gasteiger partial charge in [0, 0.05) is 73.5 Å². The average molecular weight is 493 g/mol. The Morgan fingerprint density at radius 1 is 1.08 bits per heavy atom. The first-order valence-electron chi connectivity index (χ1n) is 12.7. The van der Waals surface area contributed by atoms with Gasteiger partial charge in [0.25, 0.3) is 0 Å². The molecule has 1 saturated heterocycles. The van der Waals surface area contributed by atoms with Crippen molar-refractivity contribution in [2.45, 2.75) is 13.5 Å². The van der Waals surface area contributed by atoms with E-state index in [2.05, 4.69) is 74.9 Å². The predicted octanol–water partition coefficient (Wildman–Crippen LogP) is 5.08. The second-order valence-electron chi connectivity index (χ2n) is 9.27. The number of anilines is 2. The largest absolute Gasteiger partial charge is 0.379 e. The highest BCUT2D eigenvalue weighted by Gasteiger charge is 2.11. The molecule has 7 nitrogen and oxygen atoms in total. The fourth-order valence-electron chi connectivity index (χ4n) is 4.61. The Balaban J connectivity index is 1.25. The molecule has 7 heteroatoms. The van der Waals surface area contributed by atoms with Gasteiger partial charge in [0.2, 0.25) is 0 Å². The zero-order valence-electron chi connectivity index (χ0n) is 21.1. The highest BCUT2D eigenvalue weighted by molar-refractivity contribution is 5.90. The number of benzene rings is 2. The fraction of sp³-hybridized carbons (Fsp3) is 0.267. The van der Waals surface area contributed by atoms with E-state index in [9.17, 15) is 5.26 Å². The number of nitriles is 1. The van der Waals surface area contributed by atoms with Gasteiger partial charge in [-0.15, -0.1) is 0 Å². The lowest BCUT2D eigenvalue weighted by atomic mass is 10.1. The van der Waals surface area contributed by atoms with E-state index in [1.165, 1.54) is 5.56 Å². The van der Waals surface area contributed by atoms with Crippen molar-refractivity contribution < 1.29 is 4.74 Å². The molecule has 3 N–H and O–H groups in total. The van der Waals surface area contributed by atoms with Gasteiger partial charge in [-0.1, -0.05) is 36.4 Å². The summed E-state index contributed by atoms with van der Waals surface area (Å²) in [6, 6.07) is 17.0. The summed E-state index contributed by atoms with van der Waals surface area (Å²) in [5, 5.41) is 17.9. The molecule has 4 aromatic rings. The van der Waals surface area contributed by atoms with Crippen molar-refractivity contribution in [2.75, 3.05) is 44.7 Å². The molecule has 1 fully saturated rings. The van der Waals surface area contributed by atoms with Gasteiger partial charge in [-0.25, -0.2) is 0 Å².